The lowest BCUT2D eigenvalue weighted by Gasteiger charge is -2.28. The average molecular weight is 405 g/mol. The van der Waals surface area contributed by atoms with Crippen LogP contribution in [0.4, 0.5) is 10.2 Å². The van der Waals surface area contributed by atoms with Crippen molar-refractivity contribution in [3.05, 3.63) is 59.2 Å². The number of halogens is 1. The molecule has 1 unspecified atom stereocenters. The molecule has 2 aliphatic heterocycles. The zero-order valence-electron chi connectivity index (χ0n) is 16.9. The minimum absolute atomic E-state index is 0.0755. The average Bonchev–Trinajstić information content (AvgIpc) is 3.18. The molecule has 7 heteroatoms. The van der Waals surface area contributed by atoms with Crippen LogP contribution in [0.2, 0.25) is 0 Å². The molecule has 2 fully saturated rings. The number of carbonyl (C=O) groups excluding carboxylic acids is 1. The Kier molecular flexibility index (Phi) is 3.73. The van der Waals surface area contributed by atoms with Gasteiger partial charge >= 0.3 is 0 Å². The topological polar surface area (TPSA) is 62.5 Å². The Morgan fingerprint density at radius 1 is 1.23 bits per heavy atom. The highest BCUT2D eigenvalue weighted by Crippen LogP contribution is 2.43. The Labute approximate surface area is 174 Å². The predicted molar refractivity (Wildman–Crippen MR) is 111 cm³/mol. The molecule has 30 heavy (non-hydrogen) atoms. The van der Waals surface area contributed by atoms with E-state index in [4.69, 9.17) is 4.98 Å². The Hall–Kier alpha value is -2.96. The number of carbonyl (C=O) groups is 1. The van der Waals surface area contributed by atoms with Crippen LogP contribution in [0.25, 0.3) is 5.65 Å². The molecule has 0 radical (unpaired) electrons. The molecule has 6 nitrogen and oxygen atoms in total. The van der Waals surface area contributed by atoms with Crippen molar-refractivity contribution in [3.8, 4) is 0 Å². The summed E-state index contributed by atoms with van der Waals surface area (Å²) in [5.41, 5.74) is 3.12. The number of anilines is 1. The fourth-order valence-electron chi connectivity index (χ4n) is 5.15. The molecule has 1 spiro atoms. The maximum Gasteiger partial charge on any atom is 0.257 e. The van der Waals surface area contributed by atoms with Crippen molar-refractivity contribution in [2.75, 3.05) is 11.4 Å². The number of aromatic nitrogens is 3. The minimum Gasteiger partial charge on any atom is -0.349 e. The highest BCUT2D eigenvalue weighted by molar-refractivity contribution is 6.00. The summed E-state index contributed by atoms with van der Waals surface area (Å²) in [5.74, 6) is 0.965. The molecular formula is C23H24FN5O. The normalized spacial score (nSPS) is 24.7. The number of aryl methyl sites for hydroxylation is 1. The fraction of sp³-hybridized carbons (Fsp3) is 0.435. The molecule has 1 amide bonds. The van der Waals surface area contributed by atoms with Gasteiger partial charge in [0, 0.05) is 18.3 Å². The van der Waals surface area contributed by atoms with Gasteiger partial charge in [0.25, 0.3) is 5.91 Å². The molecular weight excluding hydrogens is 381 g/mol. The summed E-state index contributed by atoms with van der Waals surface area (Å²) >= 11 is 0. The van der Waals surface area contributed by atoms with E-state index < -0.39 is 0 Å². The molecule has 6 rings (SSSR count). The second-order valence-electron chi connectivity index (χ2n) is 9.20. The second kappa shape index (κ2) is 6.27. The molecule has 2 bridgehead atoms. The van der Waals surface area contributed by atoms with Gasteiger partial charge in [-0.05, 0) is 67.3 Å². The molecule has 4 heterocycles. The highest BCUT2D eigenvalue weighted by atomic mass is 19.1. The molecule has 3 aliphatic rings. The van der Waals surface area contributed by atoms with Gasteiger partial charge < -0.3 is 10.2 Å². The lowest BCUT2D eigenvalue weighted by Crippen LogP contribution is -2.37. The number of nitrogens with one attached hydrogen (secondary N) is 1. The van der Waals surface area contributed by atoms with Crippen LogP contribution in [0.5, 0.6) is 0 Å². The fourth-order valence-corrected chi connectivity index (χ4v) is 5.15. The lowest BCUT2D eigenvalue weighted by molar-refractivity contribution is 0.0930. The van der Waals surface area contributed by atoms with E-state index in [1.54, 1.807) is 22.8 Å². The van der Waals surface area contributed by atoms with Gasteiger partial charge in [-0.1, -0.05) is 13.0 Å². The van der Waals surface area contributed by atoms with E-state index in [-0.39, 0.29) is 23.3 Å². The Balaban J connectivity index is 1.55. The molecule has 154 valence electrons. The first-order chi connectivity index (χ1) is 14.5. The van der Waals surface area contributed by atoms with Crippen LogP contribution < -0.4 is 10.2 Å². The lowest BCUT2D eigenvalue weighted by atomic mass is 9.92. The molecule has 2 aromatic heterocycles. The summed E-state index contributed by atoms with van der Waals surface area (Å²) in [4.78, 5) is 20.2. The molecule has 1 aliphatic carbocycles. The van der Waals surface area contributed by atoms with Crippen molar-refractivity contribution in [1.82, 2.24) is 19.9 Å². The first kappa shape index (κ1) is 17.9. The van der Waals surface area contributed by atoms with Crippen LogP contribution in [0.15, 0.2) is 36.7 Å². The summed E-state index contributed by atoms with van der Waals surface area (Å²) in [5, 5.41) is 7.57. The number of hydrogen-bond acceptors (Lipinski definition) is 4. The SMILES string of the molecule is CC1C[C@@H]2c3cc(F)ccc3CCC3(CC3)NC(=O)c3cnn4ccc(nc34)N2C1. The van der Waals surface area contributed by atoms with E-state index in [0.717, 1.165) is 50.0 Å². The van der Waals surface area contributed by atoms with Crippen molar-refractivity contribution in [3.63, 3.8) is 0 Å². The van der Waals surface area contributed by atoms with E-state index in [2.05, 4.69) is 22.2 Å². The van der Waals surface area contributed by atoms with Gasteiger partial charge in [-0.15, -0.1) is 0 Å². The van der Waals surface area contributed by atoms with Crippen LogP contribution in [-0.2, 0) is 6.42 Å². The summed E-state index contributed by atoms with van der Waals surface area (Å²) in [6, 6.07) is 7.19. The number of rotatable bonds is 0. The first-order valence-corrected chi connectivity index (χ1v) is 10.7. The standard InChI is InChI=1S/C23H24FN5O/c1-14-10-19-17-11-16(24)3-2-15(17)4-6-23(7-8-23)27-22(30)18-12-25-29-9-5-20(26-21(18)29)28(19)13-14/h2-3,5,9,11-12,14,19H,4,6-8,10,13H2,1H3,(H,27,30)/t14?,19-/m1/s1. The third-order valence-corrected chi connectivity index (χ3v) is 6.98. The van der Waals surface area contributed by atoms with Crippen molar-refractivity contribution in [2.45, 2.75) is 50.6 Å². The molecule has 2 atom stereocenters. The van der Waals surface area contributed by atoms with Crippen molar-refractivity contribution in [2.24, 2.45) is 5.92 Å². The third kappa shape index (κ3) is 2.79. The number of benzene rings is 1. The predicted octanol–water partition coefficient (Wildman–Crippen LogP) is 3.66. The Bertz CT molecular complexity index is 1170. The maximum atomic E-state index is 14.3. The smallest absolute Gasteiger partial charge is 0.257 e. The molecule has 1 N–H and O–H groups in total. The van der Waals surface area contributed by atoms with Gasteiger partial charge in [-0.2, -0.15) is 5.10 Å². The van der Waals surface area contributed by atoms with E-state index in [0.29, 0.717) is 17.1 Å². The Morgan fingerprint density at radius 2 is 2.10 bits per heavy atom. The summed E-state index contributed by atoms with van der Waals surface area (Å²) in [6.07, 6.45) is 8.04. The van der Waals surface area contributed by atoms with E-state index in [1.807, 2.05) is 18.3 Å². The van der Waals surface area contributed by atoms with Crippen molar-refractivity contribution >= 4 is 17.4 Å². The Morgan fingerprint density at radius 3 is 2.93 bits per heavy atom. The highest BCUT2D eigenvalue weighted by Gasteiger charge is 2.44. The maximum absolute atomic E-state index is 14.3. The molecule has 3 aromatic rings. The number of hydrogen-bond donors (Lipinski definition) is 1. The van der Waals surface area contributed by atoms with Gasteiger partial charge in [-0.25, -0.2) is 13.9 Å². The third-order valence-electron chi connectivity index (χ3n) is 6.98. The van der Waals surface area contributed by atoms with Gasteiger partial charge in [-0.3, -0.25) is 4.79 Å². The van der Waals surface area contributed by atoms with Crippen LogP contribution in [0.1, 0.15) is 60.1 Å². The summed E-state index contributed by atoms with van der Waals surface area (Å²) in [6.45, 7) is 3.08. The number of amides is 1. The molecule has 1 saturated heterocycles. The van der Waals surface area contributed by atoms with Gasteiger partial charge in [0.1, 0.15) is 17.2 Å². The zero-order chi connectivity index (χ0) is 20.5. The van der Waals surface area contributed by atoms with Crippen LogP contribution in [-0.4, -0.2) is 32.6 Å². The second-order valence-corrected chi connectivity index (χ2v) is 9.20. The van der Waals surface area contributed by atoms with Crippen molar-refractivity contribution in [1.29, 1.82) is 0 Å². The van der Waals surface area contributed by atoms with Crippen LogP contribution in [0, 0.1) is 11.7 Å². The van der Waals surface area contributed by atoms with E-state index in [1.165, 1.54) is 5.56 Å². The van der Waals surface area contributed by atoms with Crippen LogP contribution in [0.3, 0.4) is 0 Å². The van der Waals surface area contributed by atoms with E-state index in [9.17, 15) is 9.18 Å². The minimum atomic E-state index is -0.200. The quantitative estimate of drug-likeness (QED) is 0.620. The largest absolute Gasteiger partial charge is 0.349 e. The van der Waals surface area contributed by atoms with Gasteiger partial charge in [0.05, 0.1) is 12.2 Å². The molecule has 1 aromatic carbocycles. The molecule has 1 saturated carbocycles. The summed E-state index contributed by atoms with van der Waals surface area (Å²) in [7, 11) is 0. The monoisotopic (exact) mass is 405 g/mol. The van der Waals surface area contributed by atoms with E-state index >= 15 is 0 Å². The number of fused-ring (bicyclic) bond motifs is 5. The van der Waals surface area contributed by atoms with Gasteiger partial charge in [0.15, 0.2) is 5.65 Å². The first-order valence-electron chi connectivity index (χ1n) is 10.7. The van der Waals surface area contributed by atoms with Crippen molar-refractivity contribution < 1.29 is 9.18 Å². The number of nitrogens with zero attached hydrogens (tertiary/aromatic N) is 4. The summed E-state index contributed by atoms with van der Waals surface area (Å²) < 4.78 is 16.0. The van der Waals surface area contributed by atoms with Crippen LogP contribution >= 0.6 is 0 Å². The van der Waals surface area contributed by atoms with Gasteiger partial charge in [0.2, 0.25) is 0 Å². The zero-order valence-corrected chi connectivity index (χ0v) is 16.9.